The Morgan fingerprint density at radius 1 is 1.19 bits per heavy atom. The standard InChI is InChI=1S/C13H17ClF2/c1-2-3-4-5-6-12(14)11-8-7-10(15)9-13(11)16/h7-9,12H,2-6H2,1H3. The molecule has 0 amide bonds. The molecule has 0 nitrogen and oxygen atoms in total. The molecule has 3 heteroatoms. The lowest BCUT2D eigenvalue weighted by atomic mass is 10.0. The van der Waals surface area contributed by atoms with E-state index in [0.717, 1.165) is 31.7 Å². The first kappa shape index (κ1) is 13.4. The van der Waals surface area contributed by atoms with E-state index in [1.165, 1.54) is 18.6 Å². The topological polar surface area (TPSA) is 0 Å². The van der Waals surface area contributed by atoms with Gasteiger partial charge in [0.25, 0.3) is 0 Å². The van der Waals surface area contributed by atoms with Crippen LogP contribution in [0.4, 0.5) is 8.78 Å². The second-order valence-corrected chi connectivity index (χ2v) is 4.51. The van der Waals surface area contributed by atoms with Gasteiger partial charge in [0.2, 0.25) is 0 Å². The van der Waals surface area contributed by atoms with E-state index in [9.17, 15) is 8.78 Å². The van der Waals surface area contributed by atoms with E-state index in [0.29, 0.717) is 5.56 Å². The molecule has 0 N–H and O–H groups in total. The second kappa shape index (κ2) is 6.85. The first-order valence-electron chi connectivity index (χ1n) is 5.74. The molecule has 0 aliphatic heterocycles. The fourth-order valence-electron chi connectivity index (χ4n) is 1.66. The van der Waals surface area contributed by atoms with Gasteiger partial charge in [0.15, 0.2) is 0 Å². The quantitative estimate of drug-likeness (QED) is 0.477. The van der Waals surface area contributed by atoms with E-state index in [2.05, 4.69) is 6.92 Å². The minimum absolute atomic E-state index is 0.350. The summed E-state index contributed by atoms with van der Waals surface area (Å²) in [5, 5.41) is -0.350. The molecule has 1 unspecified atom stereocenters. The van der Waals surface area contributed by atoms with Gasteiger partial charge >= 0.3 is 0 Å². The number of unbranched alkanes of at least 4 members (excludes halogenated alkanes) is 3. The van der Waals surface area contributed by atoms with Crippen LogP contribution in [0.2, 0.25) is 0 Å². The zero-order valence-electron chi connectivity index (χ0n) is 9.48. The molecule has 0 saturated carbocycles. The molecule has 0 bridgehead atoms. The summed E-state index contributed by atoms with van der Waals surface area (Å²) in [6, 6.07) is 3.57. The Hall–Kier alpha value is -0.630. The van der Waals surface area contributed by atoms with E-state index in [1.54, 1.807) is 0 Å². The van der Waals surface area contributed by atoms with Gasteiger partial charge in [-0.25, -0.2) is 8.78 Å². The Balaban J connectivity index is 2.49. The molecule has 90 valence electrons. The molecule has 0 spiro atoms. The van der Waals surface area contributed by atoms with Crippen LogP contribution in [0.1, 0.15) is 50.0 Å². The number of hydrogen-bond donors (Lipinski definition) is 0. The number of rotatable bonds is 6. The summed E-state index contributed by atoms with van der Waals surface area (Å²) in [6.45, 7) is 2.14. The van der Waals surface area contributed by atoms with Crippen molar-refractivity contribution in [1.29, 1.82) is 0 Å². The lowest BCUT2D eigenvalue weighted by Crippen LogP contribution is -1.96. The largest absolute Gasteiger partial charge is 0.207 e. The van der Waals surface area contributed by atoms with Crippen LogP contribution in [0, 0.1) is 11.6 Å². The predicted octanol–water partition coefficient (Wildman–Crippen LogP) is 5.22. The SMILES string of the molecule is CCCCCCC(Cl)c1ccc(F)cc1F. The summed E-state index contributed by atoms with van der Waals surface area (Å²) in [6.07, 6.45) is 5.18. The van der Waals surface area contributed by atoms with E-state index in [1.807, 2.05) is 0 Å². The highest BCUT2D eigenvalue weighted by Gasteiger charge is 2.13. The van der Waals surface area contributed by atoms with Crippen LogP contribution in [0.15, 0.2) is 18.2 Å². The van der Waals surface area contributed by atoms with Crippen LogP contribution in [0.25, 0.3) is 0 Å². The molecular weight excluding hydrogens is 230 g/mol. The Morgan fingerprint density at radius 2 is 1.94 bits per heavy atom. The van der Waals surface area contributed by atoms with Crippen molar-refractivity contribution in [2.24, 2.45) is 0 Å². The van der Waals surface area contributed by atoms with Gasteiger partial charge in [0.05, 0.1) is 5.38 Å². The van der Waals surface area contributed by atoms with Crippen molar-refractivity contribution in [2.45, 2.75) is 44.4 Å². The van der Waals surface area contributed by atoms with Crippen molar-refractivity contribution in [3.63, 3.8) is 0 Å². The van der Waals surface area contributed by atoms with Crippen LogP contribution >= 0.6 is 11.6 Å². The molecule has 0 aromatic heterocycles. The van der Waals surface area contributed by atoms with E-state index < -0.39 is 11.6 Å². The Labute approximate surface area is 101 Å². The summed E-state index contributed by atoms with van der Waals surface area (Å²) < 4.78 is 26.0. The minimum atomic E-state index is -0.559. The van der Waals surface area contributed by atoms with Gasteiger partial charge in [-0.05, 0) is 12.5 Å². The van der Waals surface area contributed by atoms with Crippen molar-refractivity contribution < 1.29 is 8.78 Å². The molecule has 1 atom stereocenters. The molecule has 0 aliphatic carbocycles. The summed E-state index contributed by atoms with van der Waals surface area (Å²) in [5.41, 5.74) is 0.402. The fourth-order valence-corrected chi connectivity index (χ4v) is 1.99. The number of alkyl halides is 1. The Bertz CT molecular complexity index is 326. The minimum Gasteiger partial charge on any atom is -0.207 e. The van der Waals surface area contributed by atoms with Crippen molar-refractivity contribution in [1.82, 2.24) is 0 Å². The molecule has 1 aromatic rings. The fraction of sp³-hybridized carbons (Fsp3) is 0.538. The third-order valence-corrected chi connectivity index (χ3v) is 3.06. The first-order chi connectivity index (χ1) is 7.65. The molecule has 0 saturated heterocycles. The van der Waals surface area contributed by atoms with E-state index in [-0.39, 0.29) is 5.38 Å². The molecule has 0 aliphatic rings. The monoisotopic (exact) mass is 246 g/mol. The zero-order valence-corrected chi connectivity index (χ0v) is 10.2. The number of benzene rings is 1. The average molecular weight is 247 g/mol. The second-order valence-electron chi connectivity index (χ2n) is 3.98. The first-order valence-corrected chi connectivity index (χ1v) is 6.17. The Morgan fingerprint density at radius 3 is 2.56 bits per heavy atom. The molecule has 0 fully saturated rings. The van der Waals surface area contributed by atoms with Crippen molar-refractivity contribution in [3.05, 3.63) is 35.4 Å². The third kappa shape index (κ3) is 4.09. The van der Waals surface area contributed by atoms with Crippen LogP contribution in [-0.4, -0.2) is 0 Å². The summed E-state index contributed by atoms with van der Waals surface area (Å²) in [5.74, 6) is -1.11. The molecule has 1 aromatic carbocycles. The smallest absolute Gasteiger partial charge is 0.130 e. The maximum Gasteiger partial charge on any atom is 0.130 e. The highest BCUT2D eigenvalue weighted by Crippen LogP contribution is 2.29. The summed E-state index contributed by atoms with van der Waals surface area (Å²) in [7, 11) is 0. The molecule has 1 rings (SSSR count). The van der Waals surface area contributed by atoms with Gasteiger partial charge in [-0.2, -0.15) is 0 Å². The predicted molar refractivity (Wildman–Crippen MR) is 63.7 cm³/mol. The van der Waals surface area contributed by atoms with Gasteiger partial charge < -0.3 is 0 Å². The highest BCUT2D eigenvalue weighted by molar-refractivity contribution is 6.20. The maximum absolute atomic E-state index is 13.4. The van der Waals surface area contributed by atoms with Crippen molar-refractivity contribution in [2.75, 3.05) is 0 Å². The zero-order chi connectivity index (χ0) is 12.0. The third-order valence-electron chi connectivity index (χ3n) is 2.61. The molecular formula is C13H17ClF2. The maximum atomic E-state index is 13.4. The van der Waals surface area contributed by atoms with Crippen LogP contribution in [-0.2, 0) is 0 Å². The summed E-state index contributed by atoms with van der Waals surface area (Å²) >= 11 is 6.08. The Kier molecular flexibility index (Phi) is 5.75. The van der Waals surface area contributed by atoms with Crippen molar-refractivity contribution >= 4 is 11.6 Å². The average Bonchev–Trinajstić information content (AvgIpc) is 2.24. The van der Waals surface area contributed by atoms with Gasteiger partial charge in [-0.1, -0.05) is 38.7 Å². The van der Waals surface area contributed by atoms with Crippen LogP contribution in [0.3, 0.4) is 0 Å². The highest BCUT2D eigenvalue weighted by atomic mass is 35.5. The van der Waals surface area contributed by atoms with Gasteiger partial charge in [0.1, 0.15) is 11.6 Å². The number of halogens is 3. The molecule has 0 heterocycles. The molecule has 16 heavy (non-hydrogen) atoms. The van der Waals surface area contributed by atoms with E-state index >= 15 is 0 Å². The van der Waals surface area contributed by atoms with Gasteiger partial charge in [0, 0.05) is 11.6 Å². The summed E-state index contributed by atoms with van der Waals surface area (Å²) in [4.78, 5) is 0. The van der Waals surface area contributed by atoms with Gasteiger partial charge in [-0.15, -0.1) is 11.6 Å². The normalized spacial score (nSPS) is 12.8. The van der Waals surface area contributed by atoms with Crippen LogP contribution < -0.4 is 0 Å². The van der Waals surface area contributed by atoms with E-state index in [4.69, 9.17) is 11.6 Å². The lowest BCUT2D eigenvalue weighted by Gasteiger charge is -2.10. The molecule has 0 radical (unpaired) electrons. The lowest BCUT2D eigenvalue weighted by molar-refractivity contribution is 0.558. The number of hydrogen-bond acceptors (Lipinski definition) is 0. The van der Waals surface area contributed by atoms with Gasteiger partial charge in [-0.3, -0.25) is 0 Å². The van der Waals surface area contributed by atoms with Crippen molar-refractivity contribution in [3.8, 4) is 0 Å². The van der Waals surface area contributed by atoms with Crippen LogP contribution in [0.5, 0.6) is 0 Å².